The molecule has 0 N–H and O–H groups in total. The molecule has 0 bridgehead atoms. The van der Waals surface area contributed by atoms with E-state index < -0.39 is 6.04 Å². The Morgan fingerprint density at radius 1 is 0.900 bits per heavy atom. The summed E-state index contributed by atoms with van der Waals surface area (Å²) in [5.41, 5.74) is 2.79. The summed E-state index contributed by atoms with van der Waals surface area (Å²) in [6, 6.07) is 24.8. The highest BCUT2D eigenvalue weighted by Gasteiger charge is 2.44. The summed E-state index contributed by atoms with van der Waals surface area (Å²) in [5.74, 6) is -0.922. The number of imide groups is 1. The van der Waals surface area contributed by atoms with Crippen molar-refractivity contribution in [3.63, 3.8) is 0 Å². The van der Waals surface area contributed by atoms with Gasteiger partial charge >= 0.3 is 0 Å². The van der Waals surface area contributed by atoms with Crippen molar-refractivity contribution in [2.45, 2.75) is 25.9 Å². The van der Waals surface area contributed by atoms with Crippen LogP contribution in [0.2, 0.25) is 0 Å². The van der Waals surface area contributed by atoms with Crippen molar-refractivity contribution in [1.82, 2.24) is 4.90 Å². The third-order valence-corrected chi connectivity index (χ3v) is 5.35. The lowest BCUT2D eigenvalue weighted by atomic mass is 10.0. The Labute approximate surface area is 175 Å². The van der Waals surface area contributed by atoms with Gasteiger partial charge in [0.25, 0.3) is 11.8 Å². The summed E-state index contributed by atoms with van der Waals surface area (Å²) in [6.07, 6.45) is -0.0296. The molecule has 1 atom stereocenters. The topological polar surface area (TPSA) is 57.7 Å². The molecule has 3 aromatic rings. The van der Waals surface area contributed by atoms with Crippen molar-refractivity contribution in [3.05, 3.63) is 102 Å². The van der Waals surface area contributed by atoms with Crippen LogP contribution in [0.25, 0.3) is 0 Å². The van der Waals surface area contributed by atoms with Gasteiger partial charge in [-0.3, -0.25) is 14.4 Å². The highest BCUT2D eigenvalue weighted by Crippen LogP contribution is 2.28. The first-order valence-corrected chi connectivity index (χ1v) is 9.88. The van der Waals surface area contributed by atoms with E-state index in [1.807, 2.05) is 55.5 Å². The zero-order valence-corrected chi connectivity index (χ0v) is 16.7. The second kappa shape index (κ2) is 8.33. The summed E-state index contributed by atoms with van der Waals surface area (Å²) in [6.45, 7) is 2.12. The number of rotatable bonds is 5. The highest BCUT2D eigenvalue weighted by molar-refractivity contribution is 6.23. The van der Waals surface area contributed by atoms with E-state index in [9.17, 15) is 14.4 Å². The van der Waals surface area contributed by atoms with Crippen molar-refractivity contribution in [2.24, 2.45) is 0 Å². The van der Waals surface area contributed by atoms with Gasteiger partial charge in [-0.2, -0.15) is 0 Å². The van der Waals surface area contributed by atoms with Crippen LogP contribution >= 0.6 is 0 Å². The molecule has 3 amide bonds. The molecule has 1 unspecified atom stereocenters. The molecule has 3 aromatic carbocycles. The zero-order valence-electron chi connectivity index (χ0n) is 16.7. The Morgan fingerprint density at radius 3 is 2.17 bits per heavy atom. The maximum atomic E-state index is 13.5. The first-order valence-electron chi connectivity index (χ1n) is 9.88. The van der Waals surface area contributed by atoms with Crippen molar-refractivity contribution in [2.75, 3.05) is 4.90 Å². The molecule has 0 radical (unpaired) electrons. The molecule has 1 aliphatic rings. The molecule has 5 nitrogen and oxygen atoms in total. The van der Waals surface area contributed by atoms with Crippen LogP contribution in [0, 0.1) is 6.92 Å². The highest BCUT2D eigenvalue weighted by atomic mass is 16.2. The van der Waals surface area contributed by atoms with Gasteiger partial charge in [0.1, 0.15) is 6.04 Å². The normalized spacial score (nSPS) is 16.0. The average Bonchev–Trinajstić information content (AvgIpc) is 3.07. The van der Waals surface area contributed by atoms with Gasteiger partial charge in [-0.1, -0.05) is 66.7 Å². The van der Waals surface area contributed by atoms with E-state index in [1.165, 1.54) is 9.80 Å². The number of nitrogens with zero attached hydrogens (tertiary/aromatic N) is 2. The molecule has 4 rings (SSSR count). The molecule has 150 valence electrons. The molecular formula is C25H22N2O3. The van der Waals surface area contributed by atoms with Crippen molar-refractivity contribution in [1.29, 1.82) is 0 Å². The Morgan fingerprint density at radius 2 is 1.50 bits per heavy atom. The minimum Gasteiger partial charge on any atom is -0.322 e. The first-order chi connectivity index (χ1) is 14.6. The minimum atomic E-state index is -0.843. The molecule has 1 aliphatic heterocycles. The Bertz CT molecular complexity index is 1080. The number of aryl methyl sites for hydroxylation is 1. The van der Waals surface area contributed by atoms with E-state index in [-0.39, 0.29) is 30.7 Å². The molecule has 0 saturated carbocycles. The van der Waals surface area contributed by atoms with Crippen LogP contribution in [-0.4, -0.2) is 28.7 Å². The van der Waals surface area contributed by atoms with E-state index in [2.05, 4.69) is 0 Å². The quantitative estimate of drug-likeness (QED) is 0.611. The van der Waals surface area contributed by atoms with Crippen molar-refractivity contribution >= 4 is 23.4 Å². The molecule has 1 heterocycles. The number of hydrogen-bond acceptors (Lipinski definition) is 3. The smallest absolute Gasteiger partial charge is 0.257 e. The lowest BCUT2D eigenvalue weighted by Crippen LogP contribution is -2.45. The van der Waals surface area contributed by atoms with Crippen LogP contribution in [0.3, 0.4) is 0 Å². The molecular weight excluding hydrogens is 376 g/mol. The standard InChI is InChI=1S/C25H22N2O3/c1-18-10-8-9-15-21(18)24(29)26(17-19-11-4-2-5-12-19)22-16-23(28)27(25(22)30)20-13-6-3-7-14-20/h2-15,22H,16-17H2,1H3. The minimum absolute atomic E-state index is 0.0296. The number of amides is 3. The molecule has 0 aromatic heterocycles. The Balaban J connectivity index is 1.71. The van der Waals surface area contributed by atoms with E-state index in [1.54, 1.807) is 36.4 Å². The van der Waals surface area contributed by atoms with Crippen LogP contribution in [0.1, 0.15) is 27.9 Å². The first kappa shape index (κ1) is 19.6. The van der Waals surface area contributed by atoms with Gasteiger partial charge in [0.05, 0.1) is 12.1 Å². The van der Waals surface area contributed by atoms with Crippen LogP contribution in [0.4, 0.5) is 5.69 Å². The second-order valence-corrected chi connectivity index (χ2v) is 7.36. The fourth-order valence-corrected chi connectivity index (χ4v) is 3.78. The zero-order chi connectivity index (χ0) is 21.1. The molecule has 5 heteroatoms. The number of carbonyl (C=O) groups excluding carboxylic acids is 3. The number of benzene rings is 3. The van der Waals surface area contributed by atoms with Gasteiger partial charge in [-0.15, -0.1) is 0 Å². The average molecular weight is 398 g/mol. The predicted octanol–water partition coefficient (Wildman–Crippen LogP) is 3.97. The molecule has 1 saturated heterocycles. The lowest BCUT2D eigenvalue weighted by Gasteiger charge is -2.28. The summed E-state index contributed by atoms with van der Waals surface area (Å²) in [5, 5.41) is 0. The summed E-state index contributed by atoms with van der Waals surface area (Å²) in [7, 11) is 0. The molecule has 1 fully saturated rings. The largest absolute Gasteiger partial charge is 0.322 e. The maximum Gasteiger partial charge on any atom is 0.257 e. The Hall–Kier alpha value is -3.73. The van der Waals surface area contributed by atoms with Gasteiger partial charge in [0, 0.05) is 12.1 Å². The summed E-state index contributed by atoms with van der Waals surface area (Å²) in [4.78, 5) is 42.2. The maximum absolute atomic E-state index is 13.5. The van der Waals surface area contributed by atoms with Crippen LogP contribution in [-0.2, 0) is 16.1 Å². The van der Waals surface area contributed by atoms with E-state index in [4.69, 9.17) is 0 Å². The van der Waals surface area contributed by atoms with Crippen LogP contribution < -0.4 is 4.90 Å². The van der Waals surface area contributed by atoms with Crippen molar-refractivity contribution in [3.8, 4) is 0 Å². The van der Waals surface area contributed by atoms with E-state index >= 15 is 0 Å². The molecule has 0 spiro atoms. The van der Waals surface area contributed by atoms with Gasteiger partial charge < -0.3 is 4.90 Å². The van der Waals surface area contributed by atoms with Gasteiger partial charge in [0.15, 0.2) is 0 Å². The fourth-order valence-electron chi connectivity index (χ4n) is 3.78. The number of para-hydroxylation sites is 1. The van der Waals surface area contributed by atoms with Gasteiger partial charge in [0.2, 0.25) is 5.91 Å². The molecule has 0 aliphatic carbocycles. The Kier molecular flexibility index (Phi) is 5.44. The third-order valence-electron chi connectivity index (χ3n) is 5.35. The van der Waals surface area contributed by atoms with Crippen LogP contribution in [0.15, 0.2) is 84.9 Å². The van der Waals surface area contributed by atoms with Gasteiger partial charge in [-0.25, -0.2) is 4.90 Å². The monoisotopic (exact) mass is 398 g/mol. The van der Waals surface area contributed by atoms with E-state index in [0.717, 1.165) is 11.1 Å². The fraction of sp³-hybridized carbons (Fsp3) is 0.160. The lowest BCUT2D eigenvalue weighted by molar-refractivity contribution is -0.122. The van der Waals surface area contributed by atoms with Crippen LogP contribution in [0.5, 0.6) is 0 Å². The summed E-state index contributed by atoms with van der Waals surface area (Å²) >= 11 is 0. The molecule has 30 heavy (non-hydrogen) atoms. The van der Waals surface area contributed by atoms with Crippen molar-refractivity contribution < 1.29 is 14.4 Å². The SMILES string of the molecule is Cc1ccccc1C(=O)N(Cc1ccccc1)C1CC(=O)N(c2ccccc2)C1=O. The predicted molar refractivity (Wildman–Crippen MR) is 115 cm³/mol. The summed E-state index contributed by atoms with van der Waals surface area (Å²) < 4.78 is 0. The van der Waals surface area contributed by atoms with Gasteiger partial charge in [-0.05, 0) is 36.2 Å². The number of hydrogen-bond donors (Lipinski definition) is 0. The number of anilines is 1. The van der Waals surface area contributed by atoms with E-state index in [0.29, 0.717) is 11.3 Å². The number of carbonyl (C=O) groups is 3. The second-order valence-electron chi connectivity index (χ2n) is 7.36. The third kappa shape index (κ3) is 3.74.